The molecule has 0 spiro atoms. The van der Waals surface area contributed by atoms with Gasteiger partial charge in [0, 0.05) is 45.3 Å². The summed E-state index contributed by atoms with van der Waals surface area (Å²) in [5.74, 6) is 0.690. The highest BCUT2D eigenvalue weighted by Crippen LogP contribution is 2.19. The van der Waals surface area contributed by atoms with Crippen molar-refractivity contribution in [2.75, 3.05) is 57.3 Å². The summed E-state index contributed by atoms with van der Waals surface area (Å²) in [6.45, 7) is 12.0. The number of piperazine rings is 1. The Balaban J connectivity index is 1.80. The molecule has 2 aliphatic heterocycles. The summed E-state index contributed by atoms with van der Waals surface area (Å²) in [5.41, 5.74) is 0. The third-order valence-electron chi connectivity index (χ3n) is 4.53. The molecule has 1 unspecified atom stereocenters. The zero-order valence-corrected chi connectivity index (χ0v) is 14.5. The van der Waals surface area contributed by atoms with Crippen LogP contribution in [0.5, 0.6) is 0 Å². The predicted molar refractivity (Wildman–Crippen MR) is 92.0 cm³/mol. The second kappa shape index (κ2) is 8.08. The van der Waals surface area contributed by atoms with Crippen LogP contribution in [0.3, 0.4) is 0 Å². The molecule has 0 N–H and O–H groups in total. The Bertz CT molecular complexity index is 529. The monoisotopic (exact) mass is 341 g/mol. The Morgan fingerprint density at radius 1 is 1.13 bits per heavy atom. The van der Waals surface area contributed by atoms with Gasteiger partial charge in [-0.15, -0.1) is 13.2 Å². The minimum absolute atomic E-state index is 0.118. The van der Waals surface area contributed by atoms with E-state index in [1.54, 1.807) is 12.2 Å². The van der Waals surface area contributed by atoms with E-state index < -0.39 is 9.84 Å². The van der Waals surface area contributed by atoms with Gasteiger partial charge in [0.2, 0.25) is 5.91 Å². The fourth-order valence-electron chi connectivity index (χ4n) is 3.26. The summed E-state index contributed by atoms with van der Waals surface area (Å²) in [6, 6.07) is 0.135. The van der Waals surface area contributed by atoms with Crippen LogP contribution in [-0.2, 0) is 14.6 Å². The van der Waals surface area contributed by atoms with E-state index in [0.29, 0.717) is 38.5 Å². The van der Waals surface area contributed by atoms with Gasteiger partial charge in [0.15, 0.2) is 9.84 Å². The second-order valence-electron chi connectivity index (χ2n) is 6.25. The molecular weight excluding hydrogens is 314 g/mol. The molecule has 2 fully saturated rings. The highest BCUT2D eigenvalue weighted by atomic mass is 32.2. The van der Waals surface area contributed by atoms with Gasteiger partial charge in [-0.05, 0) is 6.42 Å². The lowest BCUT2D eigenvalue weighted by Gasteiger charge is -2.38. The van der Waals surface area contributed by atoms with Gasteiger partial charge in [-0.3, -0.25) is 14.6 Å². The van der Waals surface area contributed by atoms with E-state index in [2.05, 4.69) is 18.1 Å². The van der Waals surface area contributed by atoms with Crippen LogP contribution in [0.25, 0.3) is 0 Å². The number of amides is 1. The first kappa shape index (κ1) is 18.2. The van der Waals surface area contributed by atoms with E-state index in [1.165, 1.54) is 0 Å². The molecule has 130 valence electrons. The molecule has 23 heavy (non-hydrogen) atoms. The average Bonchev–Trinajstić information content (AvgIpc) is 2.88. The van der Waals surface area contributed by atoms with Crippen LogP contribution in [0.1, 0.15) is 6.42 Å². The molecule has 7 heteroatoms. The summed E-state index contributed by atoms with van der Waals surface area (Å²) in [7, 11) is -2.85. The molecular formula is C16H27N3O3S. The van der Waals surface area contributed by atoms with Crippen molar-refractivity contribution in [2.45, 2.75) is 12.5 Å². The first-order valence-corrected chi connectivity index (χ1v) is 9.93. The minimum Gasteiger partial charge on any atom is -0.339 e. The SMILES string of the molecule is C=CCN(CC=C)CC(=O)N1CCN(C2CCS(=O)(=O)C2)CC1. The summed E-state index contributed by atoms with van der Waals surface area (Å²) >= 11 is 0. The quantitative estimate of drug-likeness (QED) is 0.610. The molecule has 0 aromatic carbocycles. The molecule has 2 saturated heterocycles. The van der Waals surface area contributed by atoms with Crippen molar-refractivity contribution in [2.24, 2.45) is 0 Å². The lowest BCUT2D eigenvalue weighted by atomic mass is 10.2. The largest absolute Gasteiger partial charge is 0.339 e. The Labute approximate surface area is 139 Å². The van der Waals surface area contributed by atoms with Crippen molar-refractivity contribution in [1.82, 2.24) is 14.7 Å². The lowest BCUT2D eigenvalue weighted by molar-refractivity contribution is -0.134. The summed E-state index contributed by atoms with van der Waals surface area (Å²) in [4.78, 5) is 18.5. The van der Waals surface area contributed by atoms with Gasteiger partial charge in [0.05, 0.1) is 18.1 Å². The van der Waals surface area contributed by atoms with E-state index in [-0.39, 0.29) is 17.7 Å². The molecule has 0 aromatic rings. The van der Waals surface area contributed by atoms with E-state index in [1.807, 2.05) is 9.80 Å². The predicted octanol–water partition coefficient (Wildman–Crippen LogP) is -0.00830. The van der Waals surface area contributed by atoms with Crippen molar-refractivity contribution >= 4 is 15.7 Å². The van der Waals surface area contributed by atoms with E-state index in [9.17, 15) is 13.2 Å². The van der Waals surface area contributed by atoms with Crippen molar-refractivity contribution in [1.29, 1.82) is 0 Å². The molecule has 1 atom stereocenters. The van der Waals surface area contributed by atoms with Gasteiger partial charge >= 0.3 is 0 Å². The number of sulfone groups is 1. The molecule has 2 aliphatic rings. The van der Waals surface area contributed by atoms with Crippen molar-refractivity contribution < 1.29 is 13.2 Å². The molecule has 2 rings (SSSR count). The fraction of sp³-hybridized carbons (Fsp3) is 0.688. The zero-order valence-electron chi connectivity index (χ0n) is 13.7. The van der Waals surface area contributed by atoms with Crippen LogP contribution in [0, 0.1) is 0 Å². The molecule has 0 aromatic heterocycles. The maximum absolute atomic E-state index is 12.4. The van der Waals surface area contributed by atoms with Gasteiger partial charge < -0.3 is 4.90 Å². The first-order valence-electron chi connectivity index (χ1n) is 8.11. The number of hydrogen-bond acceptors (Lipinski definition) is 5. The van der Waals surface area contributed by atoms with Crippen molar-refractivity contribution in [3.05, 3.63) is 25.3 Å². The van der Waals surface area contributed by atoms with Crippen molar-refractivity contribution in [3.63, 3.8) is 0 Å². The van der Waals surface area contributed by atoms with E-state index in [0.717, 1.165) is 19.5 Å². The van der Waals surface area contributed by atoms with Gasteiger partial charge in [0.1, 0.15) is 0 Å². The highest BCUT2D eigenvalue weighted by molar-refractivity contribution is 7.91. The first-order chi connectivity index (χ1) is 10.9. The topological polar surface area (TPSA) is 60.9 Å². The maximum Gasteiger partial charge on any atom is 0.236 e. The molecule has 0 radical (unpaired) electrons. The lowest BCUT2D eigenvalue weighted by Crippen LogP contribution is -2.54. The molecule has 2 heterocycles. The number of carbonyl (C=O) groups is 1. The van der Waals surface area contributed by atoms with Gasteiger partial charge in [-0.2, -0.15) is 0 Å². The zero-order chi connectivity index (χ0) is 16.9. The minimum atomic E-state index is -2.85. The van der Waals surface area contributed by atoms with Crippen LogP contribution in [0.15, 0.2) is 25.3 Å². The van der Waals surface area contributed by atoms with E-state index >= 15 is 0 Å². The van der Waals surface area contributed by atoms with Crippen LogP contribution in [0.2, 0.25) is 0 Å². The van der Waals surface area contributed by atoms with Gasteiger partial charge in [-0.25, -0.2) is 8.42 Å². The Morgan fingerprint density at radius 3 is 2.22 bits per heavy atom. The molecule has 0 bridgehead atoms. The Hall–Kier alpha value is -1.18. The number of rotatable bonds is 7. The fourth-order valence-corrected chi connectivity index (χ4v) is 5.02. The van der Waals surface area contributed by atoms with Crippen LogP contribution in [-0.4, -0.2) is 92.4 Å². The Kier molecular flexibility index (Phi) is 6.38. The van der Waals surface area contributed by atoms with Crippen molar-refractivity contribution in [3.8, 4) is 0 Å². The smallest absolute Gasteiger partial charge is 0.236 e. The molecule has 6 nitrogen and oxygen atoms in total. The standard InChI is InChI=1S/C16H27N3O3S/c1-3-6-17(7-4-2)13-16(20)19-10-8-18(9-11-19)15-5-12-23(21,22)14-15/h3-4,15H,1-2,5-14H2. The second-order valence-corrected chi connectivity index (χ2v) is 8.47. The van der Waals surface area contributed by atoms with Crippen LogP contribution < -0.4 is 0 Å². The number of carbonyl (C=O) groups excluding carboxylic acids is 1. The number of hydrogen-bond donors (Lipinski definition) is 0. The average molecular weight is 341 g/mol. The highest BCUT2D eigenvalue weighted by Gasteiger charge is 2.34. The maximum atomic E-state index is 12.4. The summed E-state index contributed by atoms with van der Waals surface area (Å²) < 4.78 is 23.2. The summed E-state index contributed by atoms with van der Waals surface area (Å²) in [6.07, 6.45) is 4.30. The Morgan fingerprint density at radius 2 is 1.74 bits per heavy atom. The van der Waals surface area contributed by atoms with E-state index in [4.69, 9.17) is 0 Å². The third kappa shape index (κ3) is 5.16. The van der Waals surface area contributed by atoms with Crippen LogP contribution in [0.4, 0.5) is 0 Å². The normalized spacial score (nSPS) is 24.7. The summed E-state index contributed by atoms with van der Waals surface area (Å²) in [5, 5.41) is 0. The van der Waals surface area contributed by atoms with Crippen LogP contribution >= 0.6 is 0 Å². The molecule has 0 aliphatic carbocycles. The van der Waals surface area contributed by atoms with Gasteiger partial charge in [0.25, 0.3) is 0 Å². The molecule has 0 saturated carbocycles. The molecule has 1 amide bonds. The van der Waals surface area contributed by atoms with Gasteiger partial charge in [-0.1, -0.05) is 12.2 Å². The third-order valence-corrected chi connectivity index (χ3v) is 6.28. The number of nitrogens with zero attached hydrogens (tertiary/aromatic N) is 3.